The van der Waals surface area contributed by atoms with Gasteiger partial charge in [-0.3, -0.25) is 4.98 Å². The highest BCUT2D eigenvalue weighted by Gasteiger charge is 2.56. The van der Waals surface area contributed by atoms with Crippen molar-refractivity contribution in [1.82, 2.24) is 4.98 Å². The first-order valence-corrected chi connectivity index (χ1v) is 12.0. The van der Waals surface area contributed by atoms with Crippen molar-refractivity contribution in [3.05, 3.63) is 47.8 Å². The summed E-state index contributed by atoms with van der Waals surface area (Å²) in [5.74, 6) is 3.67. The monoisotopic (exact) mass is 405 g/mol. The average Bonchev–Trinajstić information content (AvgIpc) is 3.06. The Morgan fingerprint density at radius 1 is 1.03 bits per heavy atom. The topological polar surface area (TPSA) is 30.0 Å². The van der Waals surface area contributed by atoms with Gasteiger partial charge in [0.2, 0.25) is 0 Å². The molecule has 0 aromatic carbocycles. The maximum atomic E-state index is 9.44. The second kappa shape index (κ2) is 8.09. The number of pyridine rings is 1. The number of aromatic nitrogens is 1. The SMILES string of the molecule is CC(C)=O.CC1CCC2(C)C(=CC[C@@H]3C2CCC2(C)C(c4cccnc4)=CCC32)C1. The van der Waals surface area contributed by atoms with Gasteiger partial charge in [0.25, 0.3) is 0 Å². The van der Waals surface area contributed by atoms with Crippen LogP contribution < -0.4 is 0 Å². The van der Waals surface area contributed by atoms with Crippen LogP contribution in [0.4, 0.5) is 0 Å². The minimum absolute atomic E-state index is 0.167. The van der Waals surface area contributed by atoms with Gasteiger partial charge in [-0.2, -0.15) is 0 Å². The summed E-state index contributed by atoms with van der Waals surface area (Å²) in [7, 11) is 0. The maximum Gasteiger partial charge on any atom is 0.126 e. The summed E-state index contributed by atoms with van der Waals surface area (Å²) < 4.78 is 0. The fourth-order valence-electron chi connectivity index (χ4n) is 7.38. The minimum Gasteiger partial charge on any atom is -0.300 e. The van der Waals surface area contributed by atoms with E-state index < -0.39 is 0 Å². The van der Waals surface area contributed by atoms with E-state index in [4.69, 9.17) is 0 Å². The number of allylic oxidation sites excluding steroid dienone is 4. The smallest absolute Gasteiger partial charge is 0.126 e. The van der Waals surface area contributed by atoms with E-state index >= 15 is 0 Å². The molecule has 6 atom stereocenters. The van der Waals surface area contributed by atoms with Crippen LogP contribution in [0.2, 0.25) is 0 Å². The van der Waals surface area contributed by atoms with E-state index in [0.29, 0.717) is 10.8 Å². The number of hydrogen-bond acceptors (Lipinski definition) is 2. The molecule has 1 aromatic heterocycles. The first-order valence-electron chi connectivity index (χ1n) is 12.0. The van der Waals surface area contributed by atoms with E-state index in [1.54, 1.807) is 5.57 Å². The van der Waals surface area contributed by atoms with Crippen LogP contribution >= 0.6 is 0 Å². The van der Waals surface area contributed by atoms with Crippen molar-refractivity contribution in [3.63, 3.8) is 0 Å². The van der Waals surface area contributed by atoms with Crippen molar-refractivity contribution in [2.45, 2.75) is 79.6 Å². The summed E-state index contributed by atoms with van der Waals surface area (Å²) in [4.78, 5) is 13.8. The predicted molar refractivity (Wildman–Crippen MR) is 125 cm³/mol. The van der Waals surface area contributed by atoms with Crippen LogP contribution in [0.5, 0.6) is 0 Å². The molecule has 0 amide bonds. The van der Waals surface area contributed by atoms with E-state index in [1.165, 1.54) is 64.4 Å². The fourth-order valence-corrected chi connectivity index (χ4v) is 7.38. The van der Waals surface area contributed by atoms with Crippen LogP contribution in [0.15, 0.2) is 42.3 Å². The van der Waals surface area contributed by atoms with Gasteiger partial charge < -0.3 is 4.79 Å². The molecule has 0 spiro atoms. The van der Waals surface area contributed by atoms with Gasteiger partial charge >= 0.3 is 0 Å². The third-order valence-electron chi connectivity index (χ3n) is 8.90. The fraction of sp³-hybridized carbons (Fsp3) is 0.643. The van der Waals surface area contributed by atoms with Crippen molar-refractivity contribution in [2.75, 3.05) is 0 Å². The van der Waals surface area contributed by atoms with Crippen LogP contribution in [0.25, 0.3) is 5.57 Å². The molecule has 162 valence electrons. The number of carbonyl (C=O) groups excluding carboxylic acids is 1. The second-order valence-corrected chi connectivity index (χ2v) is 11.1. The third-order valence-corrected chi connectivity index (χ3v) is 8.90. The highest BCUT2D eigenvalue weighted by molar-refractivity contribution is 5.72. The molecule has 4 aliphatic rings. The summed E-state index contributed by atoms with van der Waals surface area (Å²) >= 11 is 0. The zero-order valence-electron chi connectivity index (χ0n) is 19.6. The summed E-state index contributed by atoms with van der Waals surface area (Å²) in [6.07, 6.45) is 18.8. The van der Waals surface area contributed by atoms with Gasteiger partial charge in [0.1, 0.15) is 5.78 Å². The first kappa shape index (κ1) is 21.5. The number of Topliss-reactive ketones (excluding diaryl/α,β-unsaturated/α-hetero) is 1. The lowest BCUT2D eigenvalue weighted by Crippen LogP contribution is -2.49. The standard InChI is InChI=1S/C25H33N.C3H6O/c1-17-10-12-24(2)19(15-17)6-7-20-22-9-8-21(18-5-4-14-26-16-18)25(22,3)13-11-23(20)24;1-3(2)4/h4-6,8,14,16-17,20,22-23H,7,9-13,15H2,1-3H3;1-2H3/t17?,20-,22?,23?,24?,25?;/m0./s1. The highest BCUT2D eigenvalue weighted by Crippen LogP contribution is 2.66. The maximum absolute atomic E-state index is 9.44. The molecule has 2 fully saturated rings. The number of rotatable bonds is 1. The molecule has 5 unspecified atom stereocenters. The number of fused-ring (bicyclic) bond motifs is 5. The van der Waals surface area contributed by atoms with Crippen molar-refractivity contribution in [3.8, 4) is 0 Å². The van der Waals surface area contributed by atoms with E-state index in [0.717, 1.165) is 23.7 Å². The van der Waals surface area contributed by atoms with Crippen molar-refractivity contribution >= 4 is 11.4 Å². The van der Waals surface area contributed by atoms with Gasteiger partial charge in [-0.1, -0.05) is 44.6 Å². The van der Waals surface area contributed by atoms with Gasteiger partial charge in [-0.15, -0.1) is 0 Å². The Bertz CT molecular complexity index is 849. The quantitative estimate of drug-likeness (QED) is 0.460. The van der Waals surface area contributed by atoms with E-state index in [9.17, 15) is 4.79 Å². The van der Waals surface area contributed by atoms with Crippen LogP contribution in [0.3, 0.4) is 0 Å². The highest BCUT2D eigenvalue weighted by atomic mass is 16.1. The number of ketones is 1. The number of nitrogens with zero attached hydrogens (tertiary/aromatic N) is 1. The number of hydrogen-bond donors (Lipinski definition) is 0. The van der Waals surface area contributed by atoms with Crippen LogP contribution in [0, 0.1) is 34.5 Å². The largest absolute Gasteiger partial charge is 0.300 e. The molecule has 4 aliphatic carbocycles. The zero-order valence-corrected chi connectivity index (χ0v) is 19.6. The van der Waals surface area contributed by atoms with Crippen LogP contribution in [-0.4, -0.2) is 10.8 Å². The molecule has 2 saturated carbocycles. The van der Waals surface area contributed by atoms with Crippen LogP contribution in [-0.2, 0) is 4.79 Å². The van der Waals surface area contributed by atoms with E-state index in [2.05, 4.69) is 56.2 Å². The molecule has 30 heavy (non-hydrogen) atoms. The van der Waals surface area contributed by atoms with Gasteiger partial charge in [0.15, 0.2) is 0 Å². The Morgan fingerprint density at radius 2 is 1.77 bits per heavy atom. The molecule has 5 rings (SSSR count). The lowest BCUT2D eigenvalue weighted by molar-refractivity contribution is -0.114. The average molecular weight is 406 g/mol. The molecule has 0 N–H and O–H groups in total. The molecule has 0 saturated heterocycles. The lowest BCUT2D eigenvalue weighted by Gasteiger charge is -2.58. The summed E-state index contributed by atoms with van der Waals surface area (Å²) in [6.45, 7) is 10.7. The molecule has 2 nitrogen and oxygen atoms in total. The van der Waals surface area contributed by atoms with Gasteiger partial charge in [0, 0.05) is 12.4 Å². The molecular formula is C28H39NO. The van der Waals surface area contributed by atoms with Crippen molar-refractivity contribution in [2.24, 2.45) is 34.5 Å². The Balaban J connectivity index is 0.000000503. The Hall–Kier alpha value is -1.70. The first-order chi connectivity index (χ1) is 14.3. The molecule has 0 aliphatic heterocycles. The molecule has 0 bridgehead atoms. The predicted octanol–water partition coefficient (Wildman–Crippen LogP) is 7.27. The normalized spacial score (nSPS) is 39.4. The molecule has 2 heteroatoms. The van der Waals surface area contributed by atoms with Crippen molar-refractivity contribution < 1.29 is 4.79 Å². The molecule has 1 heterocycles. The summed E-state index contributed by atoms with van der Waals surface area (Å²) in [5.41, 5.74) is 5.62. The number of carbonyl (C=O) groups is 1. The third kappa shape index (κ3) is 3.61. The Morgan fingerprint density at radius 3 is 2.47 bits per heavy atom. The van der Waals surface area contributed by atoms with Crippen LogP contribution in [0.1, 0.15) is 85.1 Å². The van der Waals surface area contributed by atoms with Gasteiger partial charge in [-0.25, -0.2) is 0 Å². The van der Waals surface area contributed by atoms with E-state index in [-0.39, 0.29) is 5.78 Å². The van der Waals surface area contributed by atoms with E-state index in [1.807, 2.05) is 11.8 Å². The van der Waals surface area contributed by atoms with Crippen molar-refractivity contribution in [1.29, 1.82) is 0 Å². The summed E-state index contributed by atoms with van der Waals surface area (Å²) in [5, 5.41) is 0. The molecule has 1 aromatic rings. The zero-order chi connectivity index (χ0) is 21.5. The lowest BCUT2D eigenvalue weighted by atomic mass is 9.47. The molecular weight excluding hydrogens is 366 g/mol. The van der Waals surface area contributed by atoms with Gasteiger partial charge in [0.05, 0.1) is 0 Å². The second-order valence-electron chi connectivity index (χ2n) is 11.1. The van der Waals surface area contributed by atoms with Gasteiger partial charge in [-0.05, 0) is 110 Å². The Kier molecular flexibility index (Phi) is 5.81. The Labute approximate surface area is 183 Å². The summed E-state index contributed by atoms with van der Waals surface area (Å²) in [6, 6.07) is 4.36. The molecule has 0 radical (unpaired) electrons. The minimum atomic E-state index is 0.167.